The summed E-state index contributed by atoms with van der Waals surface area (Å²) in [7, 11) is 0. The third kappa shape index (κ3) is 4.43. The molecule has 1 aliphatic rings. The van der Waals surface area contributed by atoms with Gasteiger partial charge >= 0.3 is 0 Å². The molecule has 2 heterocycles. The highest BCUT2D eigenvalue weighted by molar-refractivity contribution is 7.22. The molecule has 0 radical (unpaired) electrons. The van der Waals surface area contributed by atoms with E-state index in [1.165, 1.54) is 15.8 Å². The first-order valence-corrected chi connectivity index (χ1v) is 11.0. The van der Waals surface area contributed by atoms with Crippen molar-refractivity contribution in [1.29, 1.82) is 0 Å². The smallest absolute Gasteiger partial charge is 0.251 e. The molecule has 1 fully saturated rings. The molecule has 1 N–H and O–H groups in total. The van der Waals surface area contributed by atoms with E-state index in [2.05, 4.69) is 41.1 Å². The highest BCUT2D eigenvalue weighted by Gasteiger charge is 2.20. The number of amides is 1. The largest absolute Gasteiger partial charge is 0.351 e. The van der Waals surface area contributed by atoms with Crippen molar-refractivity contribution in [2.75, 3.05) is 44.2 Å². The first kappa shape index (κ1) is 19.9. The van der Waals surface area contributed by atoms with Gasteiger partial charge in [0.15, 0.2) is 5.13 Å². The van der Waals surface area contributed by atoms with Crippen molar-refractivity contribution in [2.24, 2.45) is 0 Å². The summed E-state index contributed by atoms with van der Waals surface area (Å²) < 4.78 is 1.31. The van der Waals surface area contributed by atoms with Crippen LogP contribution in [-0.4, -0.2) is 55.1 Å². The molecule has 0 spiro atoms. The van der Waals surface area contributed by atoms with Gasteiger partial charge in [0.2, 0.25) is 0 Å². The average Bonchev–Trinajstić information content (AvgIpc) is 3.18. The molecule has 5 nitrogen and oxygen atoms in total. The van der Waals surface area contributed by atoms with Gasteiger partial charge in [0.25, 0.3) is 5.91 Å². The van der Waals surface area contributed by atoms with E-state index in [-0.39, 0.29) is 5.91 Å². The second-order valence-electron chi connectivity index (χ2n) is 7.83. The van der Waals surface area contributed by atoms with Crippen LogP contribution in [0.25, 0.3) is 10.2 Å². The number of hydrogen-bond donors (Lipinski definition) is 1. The summed E-state index contributed by atoms with van der Waals surface area (Å²) in [4.78, 5) is 22.0. The molecule has 29 heavy (non-hydrogen) atoms. The van der Waals surface area contributed by atoms with Crippen LogP contribution < -0.4 is 10.2 Å². The number of benzene rings is 2. The fraction of sp³-hybridized carbons (Fsp3) is 0.391. The van der Waals surface area contributed by atoms with Crippen LogP contribution in [0.1, 0.15) is 27.0 Å². The molecule has 3 aromatic rings. The first-order chi connectivity index (χ1) is 14.0. The Kier molecular flexibility index (Phi) is 5.83. The van der Waals surface area contributed by atoms with Crippen LogP contribution >= 0.6 is 11.3 Å². The van der Waals surface area contributed by atoms with Crippen LogP contribution in [-0.2, 0) is 0 Å². The Labute approximate surface area is 176 Å². The predicted molar refractivity (Wildman–Crippen MR) is 121 cm³/mol. The number of carbonyl (C=O) groups excluding carboxylic acids is 1. The zero-order chi connectivity index (χ0) is 20.4. The molecule has 4 rings (SSSR count). The van der Waals surface area contributed by atoms with Gasteiger partial charge in [0.05, 0.1) is 10.2 Å². The molecular formula is C23H28N4OS. The standard InChI is InChI=1S/C23H28N4OS/c1-16-5-4-6-19(15-16)22(28)24-9-10-26-11-13-27(14-12-26)23-25-20-17(2)7-8-18(3)21(20)29-23/h4-8,15H,9-14H2,1-3H3,(H,24,28). The first-order valence-electron chi connectivity index (χ1n) is 10.2. The lowest BCUT2D eigenvalue weighted by atomic mass is 10.1. The number of fused-ring (bicyclic) bond motifs is 1. The minimum Gasteiger partial charge on any atom is -0.351 e. The van der Waals surface area contributed by atoms with Gasteiger partial charge in [-0.15, -0.1) is 0 Å². The van der Waals surface area contributed by atoms with Crippen molar-refractivity contribution in [3.05, 3.63) is 58.7 Å². The van der Waals surface area contributed by atoms with Gasteiger partial charge in [-0.1, -0.05) is 41.2 Å². The van der Waals surface area contributed by atoms with E-state index >= 15 is 0 Å². The minimum absolute atomic E-state index is 0.00699. The lowest BCUT2D eigenvalue weighted by molar-refractivity contribution is 0.0947. The Hall–Kier alpha value is -2.44. The lowest BCUT2D eigenvalue weighted by Gasteiger charge is -2.34. The van der Waals surface area contributed by atoms with Crippen molar-refractivity contribution in [3.63, 3.8) is 0 Å². The molecule has 0 bridgehead atoms. The highest BCUT2D eigenvalue weighted by atomic mass is 32.1. The Morgan fingerprint density at radius 3 is 2.55 bits per heavy atom. The highest BCUT2D eigenvalue weighted by Crippen LogP contribution is 2.33. The van der Waals surface area contributed by atoms with Crippen LogP contribution in [0.4, 0.5) is 5.13 Å². The molecule has 1 amide bonds. The maximum Gasteiger partial charge on any atom is 0.251 e. The van der Waals surface area contributed by atoms with Crippen molar-refractivity contribution in [2.45, 2.75) is 20.8 Å². The number of thiazole rings is 1. The molecular weight excluding hydrogens is 380 g/mol. The number of rotatable bonds is 5. The molecule has 1 aromatic heterocycles. The number of aromatic nitrogens is 1. The summed E-state index contributed by atoms with van der Waals surface area (Å²) in [5.41, 5.74) is 5.53. The maximum absolute atomic E-state index is 12.3. The minimum atomic E-state index is 0.00699. The number of nitrogens with zero attached hydrogens (tertiary/aromatic N) is 3. The number of nitrogens with one attached hydrogen (secondary N) is 1. The lowest BCUT2D eigenvalue weighted by Crippen LogP contribution is -2.48. The average molecular weight is 409 g/mol. The molecule has 1 saturated heterocycles. The van der Waals surface area contributed by atoms with E-state index in [0.29, 0.717) is 6.54 Å². The summed E-state index contributed by atoms with van der Waals surface area (Å²) in [6.45, 7) is 11.8. The van der Waals surface area contributed by atoms with E-state index < -0.39 is 0 Å². The molecule has 6 heteroatoms. The number of carbonyl (C=O) groups is 1. The van der Waals surface area contributed by atoms with Crippen molar-refractivity contribution in [3.8, 4) is 0 Å². The van der Waals surface area contributed by atoms with E-state index in [9.17, 15) is 4.79 Å². The van der Waals surface area contributed by atoms with Crippen LogP contribution in [0, 0.1) is 20.8 Å². The van der Waals surface area contributed by atoms with Gasteiger partial charge in [0.1, 0.15) is 0 Å². The Balaban J connectivity index is 1.28. The normalized spacial score (nSPS) is 15.1. The molecule has 2 aromatic carbocycles. The summed E-state index contributed by atoms with van der Waals surface area (Å²) in [5, 5.41) is 4.17. The summed E-state index contributed by atoms with van der Waals surface area (Å²) in [5.74, 6) is 0.00699. The third-order valence-electron chi connectivity index (χ3n) is 5.57. The van der Waals surface area contributed by atoms with Crippen LogP contribution in [0.2, 0.25) is 0 Å². The fourth-order valence-corrected chi connectivity index (χ4v) is 4.93. The molecule has 0 aliphatic carbocycles. The van der Waals surface area contributed by atoms with Crippen LogP contribution in [0.5, 0.6) is 0 Å². The molecule has 152 valence electrons. The Morgan fingerprint density at radius 1 is 1.07 bits per heavy atom. The summed E-state index contributed by atoms with van der Waals surface area (Å²) in [6.07, 6.45) is 0. The van der Waals surface area contributed by atoms with E-state index in [0.717, 1.165) is 54.5 Å². The topological polar surface area (TPSA) is 48.5 Å². The third-order valence-corrected chi connectivity index (χ3v) is 6.82. The van der Waals surface area contributed by atoms with E-state index in [4.69, 9.17) is 4.98 Å². The summed E-state index contributed by atoms with van der Waals surface area (Å²) >= 11 is 1.81. The van der Waals surface area contributed by atoms with Gasteiger partial charge in [-0.25, -0.2) is 4.98 Å². The zero-order valence-corrected chi connectivity index (χ0v) is 18.2. The van der Waals surface area contributed by atoms with Crippen molar-refractivity contribution < 1.29 is 4.79 Å². The quantitative estimate of drug-likeness (QED) is 0.698. The van der Waals surface area contributed by atoms with Crippen LogP contribution in [0.15, 0.2) is 36.4 Å². The van der Waals surface area contributed by atoms with Gasteiger partial charge in [0, 0.05) is 44.8 Å². The van der Waals surface area contributed by atoms with Gasteiger partial charge in [-0.2, -0.15) is 0 Å². The van der Waals surface area contributed by atoms with Gasteiger partial charge in [-0.05, 0) is 44.0 Å². The zero-order valence-electron chi connectivity index (χ0n) is 17.4. The van der Waals surface area contributed by atoms with Crippen LogP contribution in [0.3, 0.4) is 0 Å². The maximum atomic E-state index is 12.3. The second-order valence-corrected chi connectivity index (χ2v) is 8.81. The molecule has 1 aliphatic heterocycles. The molecule has 0 atom stereocenters. The fourth-order valence-electron chi connectivity index (χ4n) is 3.76. The second kappa shape index (κ2) is 8.51. The predicted octanol–water partition coefficient (Wildman–Crippen LogP) is 3.77. The van der Waals surface area contributed by atoms with E-state index in [1.54, 1.807) is 11.3 Å². The summed E-state index contributed by atoms with van der Waals surface area (Å²) in [6, 6.07) is 12.1. The Morgan fingerprint density at radius 2 is 1.83 bits per heavy atom. The van der Waals surface area contributed by atoms with Gasteiger partial charge < -0.3 is 10.2 Å². The molecule has 0 saturated carbocycles. The van der Waals surface area contributed by atoms with Gasteiger partial charge in [-0.3, -0.25) is 9.69 Å². The number of piperazine rings is 1. The number of aryl methyl sites for hydroxylation is 3. The van der Waals surface area contributed by atoms with Crippen molar-refractivity contribution >= 4 is 32.6 Å². The Bertz CT molecular complexity index is 982. The molecule has 0 unspecified atom stereocenters. The number of anilines is 1. The SMILES string of the molecule is Cc1cccc(C(=O)NCCN2CCN(c3nc4c(C)ccc(C)c4s3)CC2)c1. The van der Waals surface area contributed by atoms with Crippen molar-refractivity contribution in [1.82, 2.24) is 15.2 Å². The monoisotopic (exact) mass is 408 g/mol. The number of hydrogen-bond acceptors (Lipinski definition) is 5. The van der Waals surface area contributed by atoms with E-state index in [1.807, 2.05) is 31.2 Å².